The van der Waals surface area contributed by atoms with Gasteiger partial charge in [0, 0.05) is 18.6 Å². The van der Waals surface area contributed by atoms with Crippen molar-refractivity contribution in [1.82, 2.24) is 16.2 Å². The van der Waals surface area contributed by atoms with Crippen LogP contribution in [0.5, 0.6) is 5.75 Å². The Balaban J connectivity index is 1.94. The molecular formula is C15H21F2N3O2. The average molecular weight is 313 g/mol. The van der Waals surface area contributed by atoms with Crippen molar-refractivity contribution in [2.24, 2.45) is 5.92 Å². The summed E-state index contributed by atoms with van der Waals surface area (Å²) in [4.78, 5) is 12.0. The van der Waals surface area contributed by atoms with Crippen molar-refractivity contribution in [3.05, 3.63) is 29.3 Å². The molecule has 1 heterocycles. The third-order valence-corrected chi connectivity index (χ3v) is 4.10. The van der Waals surface area contributed by atoms with Gasteiger partial charge in [0.2, 0.25) is 5.82 Å². The van der Waals surface area contributed by atoms with Crippen LogP contribution in [0.3, 0.4) is 0 Å². The topological polar surface area (TPSA) is 62.4 Å². The molecule has 122 valence electrons. The monoisotopic (exact) mass is 313 g/mol. The summed E-state index contributed by atoms with van der Waals surface area (Å²) in [5.74, 6) is -2.83. The molecule has 1 saturated heterocycles. The summed E-state index contributed by atoms with van der Waals surface area (Å²) in [5, 5.41) is 2.63. The van der Waals surface area contributed by atoms with Crippen molar-refractivity contribution in [3.8, 4) is 5.75 Å². The van der Waals surface area contributed by atoms with Gasteiger partial charge in [-0.15, -0.1) is 0 Å². The molecular weight excluding hydrogens is 292 g/mol. The lowest BCUT2D eigenvalue weighted by Crippen LogP contribution is -2.31. The van der Waals surface area contributed by atoms with Crippen molar-refractivity contribution < 1.29 is 18.3 Å². The number of methoxy groups -OCH3 is 1. The van der Waals surface area contributed by atoms with Gasteiger partial charge in [0.05, 0.1) is 12.7 Å². The Morgan fingerprint density at radius 1 is 1.23 bits per heavy atom. The van der Waals surface area contributed by atoms with E-state index in [4.69, 9.17) is 0 Å². The maximum absolute atomic E-state index is 13.8. The van der Waals surface area contributed by atoms with Crippen LogP contribution in [0, 0.1) is 17.6 Å². The fraction of sp³-hybridized carbons (Fsp3) is 0.533. The van der Waals surface area contributed by atoms with E-state index in [2.05, 4.69) is 34.8 Å². The number of hydrogen-bond acceptors (Lipinski definition) is 4. The van der Waals surface area contributed by atoms with Crippen molar-refractivity contribution in [1.29, 1.82) is 0 Å². The largest absolute Gasteiger partial charge is 0.494 e. The first-order valence-electron chi connectivity index (χ1n) is 7.27. The van der Waals surface area contributed by atoms with Gasteiger partial charge < -0.3 is 10.1 Å². The van der Waals surface area contributed by atoms with E-state index in [1.54, 1.807) is 0 Å². The number of hydrogen-bond donors (Lipinski definition) is 3. The lowest BCUT2D eigenvalue weighted by molar-refractivity contribution is 0.0945. The molecule has 0 aromatic heterocycles. The summed E-state index contributed by atoms with van der Waals surface area (Å²) in [5.41, 5.74) is 5.95. The highest BCUT2D eigenvalue weighted by atomic mass is 19.2. The van der Waals surface area contributed by atoms with E-state index in [1.807, 2.05) is 0 Å². The van der Waals surface area contributed by atoms with Crippen molar-refractivity contribution in [2.75, 3.05) is 13.7 Å². The van der Waals surface area contributed by atoms with Crippen LogP contribution >= 0.6 is 0 Å². The van der Waals surface area contributed by atoms with Gasteiger partial charge in [-0.05, 0) is 38.3 Å². The zero-order chi connectivity index (χ0) is 16.3. The minimum atomic E-state index is -1.19. The molecule has 1 amide bonds. The fourth-order valence-electron chi connectivity index (χ4n) is 2.72. The summed E-state index contributed by atoms with van der Waals surface area (Å²) >= 11 is 0. The third-order valence-electron chi connectivity index (χ3n) is 4.10. The van der Waals surface area contributed by atoms with Crippen LogP contribution < -0.4 is 20.9 Å². The van der Waals surface area contributed by atoms with E-state index < -0.39 is 17.5 Å². The predicted octanol–water partition coefficient (Wildman–Crippen LogP) is 1.59. The molecule has 2 rings (SSSR count). The van der Waals surface area contributed by atoms with Gasteiger partial charge in [0.15, 0.2) is 11.6 Å². The molecule has 7 heteroatoms. The van der Waals surface area contributed by atoms with Gasteiger partial charge in [-0.1, -0.05) is 0 Å². The SMILES string of the molecule is COc1ccc(C(=O)NCCC2C(C)NNC2C)c(F)c1F. The molecule has 0 radical (unpaired) electrons. The third kappa shape index (κ3) is 3.36. The maximum atomic E-state index is 13.8. The number of nitrogens with one attached hydrogen (secondary N) is 3. The zero-order valence-electron chi connectivity index (χ0n) is 12.9. The number of benzene rings is 1. The van der Waals surface area contributed by atoms with E-state index >= 15 is 0 Å². The van der Waals surface area contributed by atoms with Crippen molar-refractivity contribution in [3.63, 3.8) is 0 Å². The molecule has 1 aliphatic rings. The molecule has 0 bridgehead atoms. The Hall–Kier alpha value is -1.73. The second kappa shape index (κ2) is 7.02. The Labute approximate surface area is 128 Å². The Bertz CT molecular complexity index is 544. The summed E-state index contributed by atoms with van der Waals surface area (Å²) in [6.45, 7) is 4.51. The smallest absolute Gasteiger partial charge is 0.254 e. The number of rotatable bonds is 5. The number of amides is 1. The quantitative estimate of drug-likeness (QED) is 0.773. The molecule has 5 nitrogen and oxygen atoms in total. The highest BCUT2D eigenvalue weighted by Crippen LogP contribution is 2.22. The Kier molecular flexibility index (Phi) is 5.31. The average Bonchev–Trinajstić information content (AvgIpc) is 2.81. The Morgan fingerprint density at radius 2 is 1.86 bits per heavy atom. The normalized spacial score (nSPS) is 24.3. The predicted molar refractivity (Wildman–Crippen MR) is 78.5 cm³/mol. The molecule has 3 N–H and O–H groups in total. The molecule has 1 aromatic carbocycles. The van der Waals surface area contributed by atoms with Crippen LogP contribution in [0.25, 0.3) is 0 Å². The summed E-state index contributed by atoms with van der Waals surface area (Å²) in [7, 11) is 1.24. The van der Waals surface area contributed by atoms with Gasteiger partial charge in [-0.25, -0.2) is 4.39 Å². The van der Waals surface area contributed by atoms with E-state index in [1.165, 1.54) is 19.2 Å². The first-order chi connectivity index (χ1) is 10.5. The van der Waals surface area contributed by atoms with Crippen molar-refractivity contribution in [2.45, 2.75) is 32.4 Å². The summed E-state index contributed by atoms with van der Waals surface area (Å²) in [6, 6.07) is 3.04. The fourth-order valence-corrected chi connectivity index (χ4v) is 2.72. The molecule has 0 aliphatic carbocycles. The lowest BCUT2D eigenvalue weighted by Gasteiger charge is -2.18. The van der Waals surface area contributed by atoms with E-state index in [0.717, 1.165) is 6.42 Å². The molecule has 1 aromatic rings. The van der Waals surface area contributed by atoms with Gasteiger partial charge in [-0.2, -0.15) is 4.39 Å². The first kappa shape index (κ1) is 16.6. The number of carbonyl (C=O) groups excluding carboxylic acids is 1. The van der Waals surface area contributed by atoms with Crippen LogP contribution in [0.4, 0.5) is 8.78 Å². The second-order valence-electron chi connectivity index (χ2n) is 5.52. The first-order valence-corrected chi connectivity index (χ1v) is 7.27. The standard InChI is InChI=1S/C15H21F2N3O2/c1-8-10(9(2)20-19-8)6-7-18-15(21)11-4-5-12(22-3)14(17)13(11)16/h4-5,8-10,19-20H,6-7H2,1-3H3,(H,18,21). The molecule has 2 unspecified atom stereocenters. The molecule has 0 spiro atoms. The zero-order valence-corrected chi connectivity index (χ0v) is 12.9. The van der Waals surface area contributed by atoms with Crippen LogP contribution in [0.1, 0.15) is 30.6 Å². The van der Waals surface area contributed by atoms with Crippen LogP contribution in [-0.4, -0.2) is 31.6 Å². The molecule has 1 fully saturated rings. The number of hydrazine groups is 1. The van der Waals surface area contributed by atoms with Gasteiger partial charge in [-0.3, -0.25) is 15.6 Å². The van der Waals surface area contributed by atoms with E-state index in [0.29, 0.717) is 24.5 Å². The van der Waals surface area contributed by atoms with E-state index in [9.17, 15) is 13.6 Å². The van der Waals surface area contributed by atoms with Crippen LogP contribution in [-0.2, 0) is 0 Å². The van der Waals surface area contributed by atoms with Gasteiger partial charge >= 0.3 is 0 Å². The van der Waals surface area contributed by atoms with Gasteiger partial charge in [0.25, 0.3) is 5.91 Å². The molecule has 0 saturated carbocycles. The molecule has 2 atom stereocenters. The molecule has 1 aliphatic heterocycles. The number of carbonyl (C=O) groups is 1. The summed E-state index contributed by atoms with van der Waals surface area (Å²) < 4.78 is 32.1. The van der Waals surface area contributed by atoms with Crippen LogP contribution in [0.15, 0.2) is 12.1 Å². The Morgan fingerprint density at radius 3 is 2.45 bits per heavy atom. The lowest BCUT2D eigenvalue weighted by atomic mass is 9.93. The summed E-state index contributed by atoms with van der Waals surface area (Å²) in [6.07, 6.45) is 0.744. The van der Waals surface area contributed by atoms with Crippen LogP contribution in [0.2, 0.25) is 0 Å². The minimum absolute atomic E-state index is 0.222. The minimum Gasteiger partial charge on any atom is -0.494 e. The van der Waals surface area contributed by atoms with Gasteiger partial charge in [0.1, 0.15) is 0 Å². The number of halogens is 2. The van der Waals surface area contributed by atoms with E-state index in [-0.39, 0.29) is 11.3 Å². The number of ether oxygens (including phenoxy) is 1. The maximum Gasteiger partial charge on any atom is 0.254 e. The second-order valence-corrected chi connectivity index (χ2v) is 5.52. The highest BCUT2D eigenvalue weighted by molar-refractivity contribution is 5.94. The highest BCUT2D eigenvalue weighted by Gasteiger charge is 2.29. The molecule has 22 heavy (non-hydrogen) atoms. The van der Waals surface area contributed by atoms with Crippen molar-refractivity contribution >= 4 is 5.91 Å².